The van der Waals surface area contributed by atoms with Crippen LogP contribution >= 0.6 is 0 Å². The first-order valence-electron chi connectivity index (χ1n) is 9.03. The number of nitrogens with zero attached hydrogens (tertiary/aromatic N) is 3. The topological polar surface area (TPSA) is 68.5 Å². The molecule has 0 amide bonds. The maximum absolute atomic E-state index is 14.4. The quantitative estimate of drug-likeness (QED) is 0.738. The summed E-state index contributed by atoms with van der Waals surface area (Å²) in [5.74, 6) is 0.748. The number of methoxy groups -OCH3 is 1. The molecule has 0 unspecified atom stereocenters. The molecular formula is C19H22FN3O3. The van der Waals surface area contributed by atoms with E-state index in [0.717, 1.165) is 37.1 Å². The van der Waals surface area contributed by atoms with Crippen LogP contribution in [0, 0.1) is 5.82 Å². The van der Waals surface area contributed by atoms with Gasteiger partial charge in [-0.2, -0.15) is 4.98 Å². The highest BCUT2D eigenvalue weighted by Gasteiger charge is 2.48. The van der Waals surface area contributed by atoms with Crippen molar-refractivity contribution < 1.29 is 18.4 Å². The third-order valence-corrected chi connectivity index (χ3v) is 5.51. The number of carbonyl (C=O) groups is 1. The zero-order valence-corrected chi connectivity index (χ0v) is 14.8. The van der Waals surface area contributed by atoms with E-state index < -0.39 is 0 Å². The molecule has 1 aliphatic heterocycles. The number of fused-ring (bicyclic) bond motifs is 2. The second kappa shape index (κ2) is 6.70. The summed E-state index contributed by atoms with van der Waals surface area (Å²) in [4.78, 5) is 17.7. The zero-order valence-electron chi connectivity index (χ0n) is 14.8. The standard InChI is InChI=1S/C19H22FN3O3/c1-25-17(24)8-3-7-16-21-15(22-26-16)11-23-12-19(9-4-10-19)18-13(20)5-2-6-14(18)23/h2,5-6H,3-4,7-12H2,1H3. The summed E-state index contributed by atoms with van der Waals surface area (Å²) < 4.78 is 24.3. The Morgan fingerprint density at radius 3 is 3.00 bits per heavy atom. The summed E-state index contributed by atoms with van der Waals surface area (Å²) in [7, 11) is 1.37. The fraction of sp³-hybridized carbons (Fsp3) is 0.526. The first-order valence-corrected chi connectivity index (χ1v) is 9.03. The highest BCUT2D eigenvalue weighted by molar-refractivity contribution is 5.69. The number of ether oxygens (including phenoxy) is 1. The molecule has 2 aromatic rings. The van der Waals surface area contributed by atoms with E-state index in [-0.39, 0.29) is 17.2 Å². The number of rotatable bonds is 6. The van der Waals surface area contributed by atoms with Gasteiger partial charge in [0.1, 0.15) is 5.82 Å². The lowest BCUT2D eigenvalue weighted by atomic mass is 9.65. The highest BCUT2D eigenvalue weighted by Crippen LogP contribution is 2.53. The molecular weight excluding hydrogens is 337 g/mol. The Morgan fingerprint density at radius 1 is 1.42 bits per heavy atom. The van der Waals surface area contributed by atoms with E-state index in [2.05, 4.69) is 19.8 Å². The number of aromatic nitrogens is 2. The Labute approximate surface area is 151 Å². The first kappa shape index (κ1) is 17.0. The van der Waals surface area contributed by atoms with E-state index in [1.165, 1.54) is 7.11 Å². The molecule has 1 aliphatic carbocycles. The second-order valence-corrected chi connectivity index (χ2v) is 7.16. The number of carbonyl (C=O) groups excluding carboxylic acids is 1. The van der Waals surface area contributed by atoms with Crippen molar-refractivity contribution in [2.75, 3.05) is 18.6 Å². The lowest BCUT2D eigenvalue weighted by Gasteiger charge is -2.39. The van der Waals surface area contributed by atoms with Crippen molar-refractivity contribution in [2.24, 2.45) is 0 Å². The van der Waals surface area contributed by atoms with Crippen molar-refractivity contribution >= 4 is 11.7 Å². The fourth-order valence-corrected chi connectivity index (χ4v) is 4.10. The van der Waals surface area contributed by atoms with Crippen LogP contribution in [0.4, 0.5) is 10.1 Å². The van der Waals surface area contributed by atoms with Gasteiger partial charge in [-0.25, -0.2) is 4.39 Å². The van der Waals surface area contributed by atoms with Crippen LogP contribution in [0.1, 0.15) is 49.4 Å². The zero-order chi connectivity index (χ0) is 18.1. The SMILES string of the molecule is COC(=O)CCCc1nc(CN2CC3(CCC3)c3c(F)cccc32)no1. The Bertz CT molecular complexity index is 816. The molecule has 2 aliphatic rings. The number of esters is 1. The van der Waals surface area contributed by atoms with Crippen molar-refractivity contribution in [1.82, 2.24) is 10.1 Å². The molecule has 138 valence electrons. The molecule has 6 nitrogen and oxygen atoms in total. The summed E-state index contributed by atoms with van der Waals surface area (Å²) in [6.07, 6.45) is 4.68. The molecule has 4 rings (SSSR count). The fourth-order valence-electron chi connectivity index (χ4n) is 4.10. The van der Waals surface area contributed by atoms with Gasteiger partial charge < -0.3 is 14.2 Å². The molecule has 0 saturated heterocycles. The molecule has 2 heterocycles. The van der Waals surface area contributed by atoms with Crippen LogP contribution < -0.4 is 4.90 Å². The van der Waals surface area contributed by atoms with Crippen molar-refractivity contribution in [3.05, 3.63) is 41.3 Å². The summed E-state index contributed by atoms with van der Waals surface area (Å²) in [6.45, 7) is 1.30. The molecule has 1 fully saturated rings. The van der Waals surface area contributed by atoms with Gasteiger partial charge in [-0.05, 0) is 31.4 Å². The van der Waals surface area contributed by atoms with Gasteiger partial charge in [0.05, 0.1) is 13.7 Å². The normalized spacial score (nSPS) is 17.2. The number of aryl methyl sites for hydroxylation is 1. The molecule has 26 heavy (non-hydrogen) atoms. The number of anilines is 1. The van der Waals surface area contributed by atoms with Crippen molar-refractivity contribution in [3.63, 3.8) is 0 Å². The summed E-state index contributed by atoms with van der Waals surface area (Å²) in [5, 5.41) is 4.05. The van der Waals surface area contributed by atoms with E-state index in [9.17, 15) is 9.18 Å². The van der Waals surface area contributed by atoms with Crippen molar-refractivity contribution in [2.45, 2.75) is 50.5 Å². The smallest absolute Gasteiger partial charge is 0.305 e. The molecule has 0 atom stereocenters. The van der Waals surface area contributed by atoms with Gasteiger partial charge >= 0.3 is 5.97 Å². The number of hydrogen-bond acceptors (Lipinski definition) is 6. The lowest BCUT2D eigenvalue weighted by molar-refractivity contribution is -0.140. The Hall–Kier alpha value is -2.44. The Balaban J connectivity index is 1.44. The summed E-state index contributed by atoms with van der Waals surface area (Å²) >= 11 is 0. The molecule has 1 saturated carbocycles. The van der Waals surface area contributed by atoms with Crippen LogP contribution in [0.2, 0.25) is 0 Å². The number of halogens is 1. The number of benzene rings is 1. The van der Waals surface area contributed by atoms with Crippen LogP contribution in [-0.4, -0.2) is 29.8 Å². The molecule has 1 spiro atoms. The first-order chi connectivity index (χ1) is 12.6. The van der Waals surface area contributed by atoms with Crippen molar-refractivity contribution in [3.8, 4) is 0 Å². The van der Waals surface area contributed by atoms with Gasteiger partial charge in [0.25, 0.3) is 0 Å². The minimum absolute atomic E-state index is 0.0479. The molecule has 1 aromatic heterocycles. The van der Waals surface area contributed by atoms with Crippen LogP contribution in [0.25, 0.3) is 0 Å². The number of hydrogen-bond donors (Lipinski definition) is 0. The molecule has 0 radical (unpaired) electrons. The summed E-state index contributed by atoms with van der Waals surface area (Å²) in [5.41, 5.74) is 1.75. The van der Waals surface area contributed by atoms with E-state index in [4.69, 9.17) is 4.52 Å². The lowest BCUT2D eigenvalue weighted by Crippen LogP contribution is -2.39. The van der Waals surface area contributed by atoms with E-state index in [1.807, 2.05) is 6.07 Å². The third-order valence-electron chi connectivity index (χ3n) is 5.51. The van der Waals surface area contributed by atoms with E-state index >= 15 is 0 Å². The largest absolute Gasteiger partial charge is 0.469 e. The molecule has 7 heteroatoms. The van der Waals surface area contributed by atoms with Gasteiger partial charge in [-0.15, -0.1) is 0 Å². The van der Waals surface area contributed by atoms with Gasteiger partial charge in [-0.3, -0.25) is 4.79 Å². The predicted molar refractivity (Wildman–Crippen MR) is 92.2 cm³/mol. The average Bonchev–Trinajstić information content (AvgIpc) is 3.18. The molecule has 0 N–H and O–H groups in total. The van der Waals surface area contributed by atoms with Crippen LogP contribution in [0.3, 0.4) is 0 Å². The van der Waals surface area contributed by atoms with Gasteiger partial charge in [0.2, 0.25) is 5.89 Å². The predicted octanol–water partition coefficient (Wildman–Crippen LogP) is 3.15. The minimum Gasteiger partial charge on any atom is -0.469 e. The van der Waals surface area contributed by atoms with Gasteiger partial charge in [-0.1, -0.05) is 17.6 Å². The highest BCUT2D eigenvalue weighted by atomic mass is 19.1. The van der Waals surface area contributed by atoms with Crippen LogP contribution in [-0.2, 0) is 27.9 Å². The molecule has 1 aromatic carbocycles. The van der Waals surface area contributed by atoms with Crippen LogP contribution in [0.15, 0.2) is 22.7 Å². The monoisotopic (exact) mass is 359 g/mol. The Kier molecular flexibility index (Phi) is 4.38. The minimum atomic E-state index is -0.244. The summed E-state index contributed by atoms with van der Waals surface area (Å²) in [6, 6.07) is 5.28. The average molecular weight is 359 g/mol. The van der Waals surface area contributed by atoms with Crippen LogP contribution in [0.5, 0.6) is 0 Å². The van der Waals surface area contributed by atoms with E-state index in [1.54, 1.807) is 12.1 Å². The molecule has 0 bridgehead atoms. The van der Waals surface area contributed by atoms with E-state index in [0.29, 0.717) is 37.5 Å². The second-order valence-electron chi connectivity index (χ2n) is 7.16. The third kappa shape index (κ3) is 2.95. The van der Waals surface area contributed by atoms with Gasteiger partial charge in [0.15, 0.2) is 5.82 Å². The van der Waals surface area contributed by atoms with Gasteiger partial charge in [0, 0.05) is 36.1 Å². The van der Waals surface area contributed by atoms with Crippen molar-refractivity contribution in [1.29, 1.82) is 0 Å². The Morgan fingerprint density at radius 2 is 2.27 bits per heavy atom. The maximum atomic E-state index is 14.4. The maximum Gasteiger partial charge on any atom is 0.305 e.